The molecule has 2 N–H and O–H groups in total. The first-order chi connectivity index (χ1) is 10.1. The highest BCUT2D eigenvalue weighted by atomic mass is 79.9. The van der Waals surface area contributed by atoms with Gasteiger partial charge in [0, 0.05) is 23.2 Å². The number of halogens is 2. The van der Waals surface area contributed by atoms with E-state index in [1.165, 1.54) is 12.1 Å². The highest BCUT2D eigenvalue weighted by Gasteiger charge is 2.15. The van der Waals surface area contributed by atoms with Crippen molar-refractivity contribution in [2.45, 2.75) is 19.3 Å². The lowest BCUT2D eigenvalue weighted by atomic mass is 9.99. The van der Waals surface area contributed by atoms with Crippen molar-refractivity contribution >= 4 is 39.9 Å². The average molecular weight is 393 g/mol. The van der Waals surface area contributed by atoms with Gasteiger partial charge in [-0.3, -0.25) is 14.9 Å². The Morgan fingerprint density at radius 1 is 1.50 bits per heavy atom. The molecule has 6 nitrogen and oxygen atoms in total. The molecule has 0 radical (unpaired) electrons. The summed E-state index contributed by atoms with van der Waals surface area (Å²) in [5, 5.41) is 16.9. The molecule has 122 valence electrons. The van der Waals surface area contributed by atoms with E-state index in [2.05, 4.69) is 26.6 Å². The Hall–Kier alpha value is -1.18. The largest absolute Gasteiger partial charge is 0.355 e. The summed E-state index contributed by atoms with van der Waals surface area (Å²) < 4.78 is 0.589. The molecule has 1 amide bonds. The van der Waals surface area contributed by atoms with Crippen molar-refractivity contribution in [3.05, 3.63) is 38.3 Å². The second-order valence-corrected chi connectivity index (χ2v) is 6.08. The first kappa shape index (κ1) is 18.9. The van der Waals surface area contributed by atoms with Crippen LogP contribution in [0.15, 0.2) is 22.7 Å². The predicted octanol–water partition coefficient (Wildman–Crippen LogP) is 2.44. The van der Waals surface area contributed by atoms with Gasteiger partial charge < -0.3 is 10.6 Å². The van der Waals surface area contributed by atoms with Crippen LogP contribution >= 0.6 is 28.3 Å². The third-order valence-corrected chi connectivity index (χ3v) is 4.32. The van der Waals surface area contributed by atoms with Gasteiger partial charge in [0.1, 0.15) is 0 Å². The van der Waals surface area contributed by atoms with Gasteiger partial charge in [0.05, 0.1) is 11.3 Å². The lowest BCUT2D eigenvalue weighted by molar-refractivity contribution is -0.384. The Labute approximate surface area is 143 Å². The number of carbonyl (C=O) groups is 1. The molecular formula is C14H19BrClN3O3. The molecule has 8 heteroatoms. The molecule has 1 fully saturated rings. The van der Waals surface area contributed by atoms with Crippen molar-refractivity contribution in [3.8, 4) is 0 Å². The van der Waals surface area contributed by atoms with Crippen molar-refractivity contribution < 1.29 is 9.72 Å². The van der Waals surface area contributed by atoms with Crippen LogP contribution in [0, 0.1) is 16.0 Å². The van der Waals surface area contributed by atoms with E-state index in [9.17, 15) is 14.9 Å². The minimum absolute atomic E-state index is 0. The van der Waals surface area contributed by atoms with Crippen molar-refractivity contribution in [2.24, 2.45) is 5.92 Å². The number of non-ortho nitro benzene ring substituents is 1. The molecule has 0 aliphatic carbocycles. The summed E-state index contributed by atoms with van der Waals surface area (Å²) in [7, 11) is 0. The number of amides is 1. The number of nitro benzene ring substituents is 1. The van der Waals surface area contributed by atoms with E-state index in [-0.39, 0.29) is 30.4 Å². The van der Waals surface area contributed by atoms with Gasteiger partial charge in [-0.1, -0.05) is 22.0 Å². The van der Waals surface area contributed by atoms with Gasteiger partial charge >= 0.3 is 0 Å². The van der Waals surface area contributed by atoms with E-state index in [0.717, 1.165) is 31.5 Å². The number of nitro groups is 1. The van der Waals surface area contributed by atoms with Gasteiger partial charge in [-0.2, -0.15) is 0 Å². The summed E-state index contributed by atoms with van der Waals surface area (Å²) in [5.74, 6) is 0.429. The van der Waals surface area contributed by atoms with E-state index in [0.29, 0.717) is 16.9 Å². The molecule has 0 aromatic heterocycles. The fourth-order valence-electron chi connectivity index (χ4n) is 2.39. The molecule has 22 heavy (non-hydrogen) atoms. The molecule has 1 aromatic rings. The van der Waals surface area contributed by atoms with Crippen LogP contribution < -0.4 is 10.6 Å². The van der Waals surface area contributed by atoms with E-state index < -0.39 is 4.92 Å². The minimum Gasteiger partial charge on any atom is -0.355 e. The van der Waals surface area contributed by atoms with Crippen LogP contribution in [-0.2, 0) is 11.2 Å². The predicted molar refractivity (Wildman–Crippen MR) is 90.4 cm³/mol. The summed E-state index contributed by atoms with van der Waals surface area (Å²) in [6, 6.07) is 4.45. The average Bonchev–Trinajstić information content (AvgIpc) is 2.48. The van der Waals surface area contributed by atoms with Gasteiger partial charge in [-0.15, -0.1) is 12.4 Å². The second-order valence-electron chi connectivity index (χ2n) is 5.23. The van der Waals surface area contributed by atoms with Gasteiger partial charge in [-0.25, -0.2) is 0 Å². The Balaban J connectivity index is 0.00000242. The molecule has 1 heterocycles. The fourth-order valence-corrected chi connectivity index (χ4v) is 2.89. The zero-order chi connectivity index (χ0) is 15.2. The lowest BCUT2D eigenvalue weighted by Gasteiger charge is -2.22. The summed E-state index contributed by atoms with van der Waals surface area (Å²) in [4.78, 5) is 22.1. The lowest BCUT2D eigenvalue weighted by Crippen LogP contribution is -2.38. The minimum atomic E-state index is -0.454. The molecular weight excluding hydrogens is 374 g/mol. The van der Waals surface area contributed by atoms with Crippen LogP contribution in [0.25, 0.3) is 0 Å². The number of nitrogens with zero attached hydrogens (tertiary/aromatic N) is 1. The normalized spacial score (nSPS) is 17.4. The number of rotatable bonds is 5. The Kier molecular flexibility index (Phi) is 7.78. The molecule has 0 bridgehead atoms. The van der Waals surface area contributed by atoms with Gasteiger partial charge in [0.2, 0.25) is 5.91 Å². The Bertz CT molecular complexity index is 536. The highest BCUT2D eigenvalue weighted by Crippen LogP contribution is 2.23. The fraction of sp³-hybridized carbons (Fsp3) is 0.500. The van der Waals surface area contributed by atoms with Gasteiger partial charge in [0.15, 0.2) is 0 Å². The van der Waals surface area contributed by atoms with Crippen LogP contribution in [0.1, 0.15) is 18.4 Å². The van der Waals surface area contributed by atoms with Crippen molar-refractivity contribution in [2.75, 3.05) is 19.6 Å². The Morgan fingerprint density at radius 3 is 2.86 bits per heavy atom. The monoisotopic (exact) mass is 391 g/mol. The maximum absolute atomic E-state index is 11.9. The third-order valence-electron chi connectivity index (χ3n) is 3.59. The second kappa shape index (κ2) is 9.07. The van der Waals surface area contributed by atoms with Gasteiger partial charge in [0.25, 0.3) is 5.69 Å². The van der Waals surface area contributed by atoms with E-state index >= 15 is 0 Å². The number of piperidine rings is 1. The number of benzene rings is 1. The number of carbonyl (C=O) groups excluding carboxylic acids is 1. The molecule has 1 aliphatic heterocycles. The smallest absolute Gasteiger partial charge is 0.270 e. The zero-order valence-corrected chi connectivity index (χ0v) is 14.4. The Morgan fingerprint density at radius 2 is 2.27 bits per heavy atom. The van der Waals surface area contributed by atoms with Crippen LogP contribution in [0.3, 0.4) is 0 Å². The summed E-state index contributed by atoms with van der Waals surface area (Å²) in [6.45, 7) is 2.68. The molecule has 1 aromatic carbocycles. The molecule has 1 unspecified atom stereocenters. The maximum Gasteiger partial charge on any atom is 0.270 e. The summed E-state index contributed by atoms with van der Waals surface area (Å²) in [5.41, 5.74) is 0.763. The number of hydrogen-bond donors (Lipinski definition) is 2. The van der Waals surface area contributed by atoms with E-state index in [4.69, 9.17) is 0 Å². The topological polar surface area (TPSA) is 84.3 Å². The third kappa shape index (κ3) is 5.55. The number of nitrogens with one attached hydrogen (secondary N) is 2. The molecule has 1 aliphatic rings. The summed E-state index contributed by atoms with van der Waals surface area (Å²) in [6.07, 6.45) is 2.50. The first-order valence-corrected chi connectivity index (χ1v) is 7.76. The molecule has 0 spiro atoms. The quantitative estimate of drug-likeness (QED) is 0.595. The van der Waals surface area contributed by atoms with Crippen molar-refractivity contribution in [1.29, 1.82) is 0 Å². The number of hydrogen-bond acceptors (Lipinski definition) is 4. The molecule has 0 saturated carbocycles. The van der Waals surface area contributed by atoms with Crippen molar-refractivity contribution in [3.63, 3.8) is 0 Å². The maximum atomic E-state index is 11.9. The van der Waals surface area contributed by atoms with Gasteiger partial charge in [-0.05, 0) is 37.4 Å². The first-order valence-electron chi connectivity index (χ1n) is 6.96. The molecule has 1 atom stereocenters. The van der Waals surface area contributed by atoms with Crippen LogP contribution in [0.4, 0.5) is 5.69 Å². The zero-order valence-electron chi connectivity index (χ0n) is 12.0. The standard InChI is InChI=1S/C14H18BrN3O3.ClH/c15-13-7-12(18(20)21)4-3-11(13)6-14(19)17-9-10-2-1-5-16-8-10;/h3-4,7,10,16H,1-2,5-6,8-9H2,(H,17,19);1H. The van der Waals surface area contributed by atoms with Crippen LogP contribution in [-0.4, -0.2) is 30.5 Å². The van der Waals surface area contributed by atoms with Crippen molar-refractivity contribution in [1.82, 2.24) is 10.6 Å². The molecule has 2 rings (SSSR count). The van der Waals surface area contributed by atoms with Crippen LogP contribution in [0.2, 0.25) is 0 Å². The SMILES string of the molecule is Cl.O=C(Cc1ccc([N+](=O)[O-])cc1Br)NCC1CCCNC1. The summed E-state index contributed by atoms with van der Waals surface area (Å²) >= 11 is 3.28. The highest BCUT2D eigenvalue weighted by molar-refractivity contribution is 9.10. The van der Waals surface area contributed by atoms with Crippen LogP contribution in [0.5, 0.6) is 0 Å². The molecule has 1 saturated heterocycles. The van der Waals surface area contributed by atoms with E-state index in [1.54, 1.807) is 6.07 Å². The van der Waals surface area contributed by atoms with E-state index in [1.807, 2.05) is 0 Å².